The number of hydroxylamine groups is 2. The topological polar surface area (TPSA) is 98.2 Å². The molecule has 1 radical (unpaired) electrons. The summed E-state index contributed by atoms with van der Waals surface area (Å²) < 4.78 is 5.37. The standard InChI is InChI=1S/C12H21N4O3/c1-11(2)7-9(8-12(3,4)16(11)18)19-10(17)5-6-14-15-13/h9H,5-8H2,1-4H3. The van der Waals surface area contributed by atoms with Gasteiger partial charge in [0.05, 0.1) is 6.42 Å². The summed E-state index contributed by atoms with van der Waals surface area (Å²) in [6.07, 6.45) is 0.817. The fourth-order valence-electron chi connectivity index (χ4n) is 2.69. The molecule has 0 aliphatic carbocycles. The van der Waals surface area contributed by atoms with E-state index in [1.807, 2.05) is 27.7 Å². The number of nitrogens with zero attached hydrogens (tertiary/aromatic N) is 4. The minimum Gasteiger partial charge on any atom is -0.462 e. The van der Waals surface area contributed by atoms with E-state index in [-0.39, 0.29) is 25.0 Å². The molecular formula is C12H21N4O3. The number of ether oxygens (including phenoxy) is 1. The summed E-state index contributed by atoms with van der Waals surface area (Å²) in [5, 5.41) is 16.5. The Morgan fingerprint density at radius 2 is 1.89 bits per heavy atom. The van der Waals surface area contributed by atoms with E-state index in [1.165, 1.54) is 0 Å². The SMILES string of the molecule is CC1(C)CC(OC(=O)CCN=[N+]=[N-])CC(C)(C)N1[O]. The second-order valence-electron chi connectivity index (χ2n) is 6.14. The first-order valence-electron chi connectivity index (χ1n) is 6.37. The molecule has 1 rings (SSSR count). The molecule has 0 unspecified atom stereocenters. The summed E-state index contributed by atoms with van der Waals surface area (Å²) in [6.45, 7) is 7.50. The largest absolute Gasteiger partial charge is 0.462 e. The van der Waals surface area contributed by atoms with Crippen molar-refractivity contribution in [2.45, 2.75) is 64.1 Å². The van der Waals surface area contributed by atoms with Gasteiger partial charge in [-0.2, -0.15) is 0 Å². The molecule has 19 heavy (non-hydrogen) atoms. The van der Waals surface area contributed by atoms with E-state index in [0.29, 0.717) is 12.8 Å². The van der Waals surface area contributed by atoms with Gasteiger partial charge in [0.2, 0.25) is 0 Å². The van der Waals surface area contributed by atoms with Crippen molar-refractivity contribution in [2.75, 3.05) is 6.54 Å². The van der Waals surface area contributed by atoms with Crippen molar-refractivity contribution < 1.29 is 14.7 Å². The normalized spacial score (nSPS) is 22.6. The van der Waals surface area contributed by atoms with Crippen LogP contribution in [0.1, 0.15) is 47.0 Å². The monoisotopic (exact) mass is 269 g/mol. The van der Waals surface area contributed by atoms with Crippen LogP contribution in [0.5, 0.6) is 0 Å². The Morgan fingerprint density at radius 3 is 2.37 bits per heavy atom. The maximum atomic E-state index is 12.1. The molecule has 0 saturated carbocycles. The Balaban J connectivity index is 2.60. The third kappa shape index (κ3) is 4.09. The van der Waals surface area contributed by atoms with Gasteiger partial charge < -0.3 is 4.74 Å². The number of carbonyl (C=O) groups is 1. The Bertz CT molecular complexity index is 370. The van der Waals surface area contributed by atoms with Crippen molar-refractivity contribution in [3.05, 3.63) is 10.4 Å². The Morgan fingerprint density at radius 1 is 1.37 bits per heavy atom. The number of azide groups is 1. The minimum atomic E-state index is -0.558. The van der Waals surface area contributed by atoms with Crippen LogP contribution in [0.25, 0.3) is 10.4 Å². The minimum absolute atomic E-state index is 0.0719. The van der Waals surface area contributed by atoms with Crippen LogP contribution in [0.2, 0.25) is 0 Å². The van der Waals surface area contributed by atoms with Crippen LogP contribution >= 0.6 is 0 Å². The summed E-state index contributed by atoms with van der Waals surface area (Å²) in [4.78, 5) is 14.2. The average Bonchev–Trinajstić information content (AvgIpc) is 2.25. The first-order chi connectivity index (χ1) is 8.69. The molecule has 0 N–H and O–H groups in total. The quantitative estimate of drug-likeness (QED) is 0.339. The van der Waals surface area contributed by atoms with Gasteiger partial charge in [0.25, 0.3) is 0 Å². The molecule has 0 aromatic rings. The molecule has 1 fully saturated rings. The molecular weight excluding hydrogens is 248 g/mol. The van der Waals surface area contributed by atoms with Crippen LogP contribution in [-0.4, -0.2) is 34.8 Å². The molecule has 107 valence electrons. The number of piperidine rings is 1. The lowest BCUT2D eigenvalue weighted by molar-refractivity contribution is -0.299. The number of esters is 1. The van der Waals surface area contributed by atoms with Gasteiger partial charge in [-0.15, -0.1) is 10.3 Å². The molecule has 0 aromatic carbocycles. The predicted octanol–water partition coefficient (Wildman–Crippen LogP) is 2.60. The highest BCUT2D eigenvalue weighted by Gasteiger charge is 2.47. The fraction of sp³-hybridized carbons (Fsp3) is 0.917. The highest BCUT2D eigenvalue weighted by atomic mass is 16.5. The van der Waals surface area contributed by atoms with Crippen LogP contribution in [0, 0.1) is 0 Å². The van der Waals surface area contributed by atoms with Crippen LogP contribution in [0.15, 0.2) is 5.11 Å². The van der Waals surface area contributed by atoms with E-state index in [9.17, 15) is 10.0 Å². The van der Waals surface area contributed by atoms with Gasteiger partial charge in [0.15, 0.2) is 0 Å². The third-order valence-corrected chi connectivity index (χ3v) is 3.33. The highest BCUT2D eigenvalue weighted by Crippen LogP contribution is 2.38. The summed E-state index contributed by atoms with van der Waals surface area (Å²) in [5.74, 6) is -0.386. The Labute approximate surface area is 113 Å². The van der Waals surface area contributed by atoms with E-state index in [4.69, 9.17) is 10.3 Å². The smallest absolute Gasteiger partial charge is 0.306 e. The van der Waals surface area contributed by atoms with Gasteiger partial charge in [-0.25, -0.2) is 0 Å². The van der Waals surface area contributed by atoms with E-state index in [0.717, 1.165) is 5.06 Å². The lowest BCUT2D eigenvalue weighted by Crippen LogP contribution is -2.60. The van der Waals surface area contributed by atoms with Gasteiger partial charge >= 0.3 is 5.97 Å². The second kappa shape index (κ2) is 5.77. The number of rotatable bonds is 4. The maximum absolute atomic E-state index is 12.1. The van der Waals surface area contributed by atoms with Gasteiger partial charge in [-0.05, 0) is 33.2 Å². The Kier molecular flexibility index (Phi) is 4.79. The summed E-state index contributed by atoms with van der Waals surface area (Å²) in [5.41, 5.74) is 7.02. The van der Waals surface area contributed by atoms with E-state index in [1.54, 1.807) is 0 Å². The van der Waals surface area contributed by atoms with Crippen molar-refractivity contribution in [1.29, 1.82) is 0 Å². The lowest BCUT2D eigenvalue weighted by atomic mass is 9.80. The average molecular weight is 269 g/mol. The molecule has 1 heterocycles. The molecule has 0 aromatic heterocycles. The molecule has 0 spiro atoms. The molecule has 1 aliphatic rings. The lowest BCUT2D eigenvalue weighted by Gasteiger charge is -2.49. The van der Waals surface area contributed by atoms with Crippen molar-refractivity contribution in [1.82, 2.24) is 5.06 Å². The summed E-state index contributed by atoms with van der Waals surface area (Å²) >= 11 is 0. The first kappa shape index (κ1) is 15.8. The van der Waals surface area contributed by atoms with Crippen molar-refractivity contribution >= 4 is 5.97 Å². The van der Waals surface area contributed by atoms with E-state index >= 15 is 0 Å². The zero-order chi connectivity index (χ0) is 14.7. The molecule has 0 atom stereocenters. The zero-order valence-electron chi connectivity index (χ0n) is 11.9. The third-order valence-electron chi connectivity index (χ3n) is 3.33. The molecule has 0 amide bonds. The molecule has 1 aliphatic heterocycles. The van der Waals surface area contributed by atoms with Crippen LogP contribution in [0.3, 0.4) is 0 Å². The van der Waals surface area contributed by atoms with Crippen LogP contribution in [-0.2, 0) is 14.7 Å². The zero-order valence-corrected chi connectivity index (χ0v) is 11.9. The summed E-state index contributed by atoms with van der Waals surface area (Å²) in [6, 6.07) is 0. The van der Waals surface area contributed by atoms with Gasteiger partial charge in [-0.1, -0.05) is 5.11 Å². The van der Waals surface area contributed by atoms with E-state index < -0.39 is 11.1 Å². The van der Waals surface area contributed by atoms with Crippen molar-refractivity contribution in [2.24, 2.45) is 5.11 Å². The predicted molar refractivity (Wildman–Crippen MR) is 68.4 cm³/mol. The van der Waals surface area contributed by atoms with E-state index in [2.05, 4.69) is 10.0 Å². The molecule has 7 nitrogen and oxygen atoms in total. The number of hydrogen-bond donors (Lipinski definition) is 0. The van der Waals surface area contributed by atoms with Gasteiger partial charge in [0, 0.05) is 35.4 Å². The maximum Gasteiger partial charge on any atom is 0.306 e. The highest BCUT2D eigenvalue weighted by molar-refractivity contribution is 5.69. The van der Waals surface area contributed by atoms with Crippen molar-refractivity contribution in [3.63, 3.8) is 0 Å². The molecule has 1 saturated heterocycles. The molecule has 7 heteroatoms. The second-order valence-corrected chi connectivity index (χ2v) is 6.14. The van der Waals surface area contributed by atoms with Gasteiger partial charge in [0.1, 0.15) is 6.10 Å². The molecule has 0 bridgehead atoms. The summed E-state index contributed by atoms with van der Waals surface area (Å²) in [7, 11) is 0. The fourth-order valence-corrected chi connectivity index (χ4v) is 2.69. The van der Waals surface area contributed by atoms with Crippen LogP contribution < -0.4 is 0 Å². The Hall–Kier alpha value is -1.30. The van der Waals surface area contributed by atoms with Gasteiger partial charge in [-0.3, -0.25) is 4.79 Å². The first-order valence-corrected chi connectivity index (χ1v) is 6.37. The van der Waals surface area contributed by atoms with Crippen LogP contribution in [0.4, 0.5) is 0 Å². The van der Waals surface area contributed by atoms with Crippen molar-refractivity contribution in [3.8, 4) is 0 Å². The number of carbonyl (C=O) groups excluding carboxylic acids is 1. The number of hydrogen-bond acceptors (Lipinski definition) is 4.